The summed E-state index contributed by atoms with van der Waals surface area (Å²) < 4.78 is 12.4. The molecule has 156 valence electrons. The molecule has 0 bridgehead atoms. The highest BCUT2D eigenvalue weighted by molar-refractivity contribution is 6.13. The van der Waals surface area contributed by atoms with Gasteiger partial charge in [0, 0.05) is 22.8 Å². The number of benzene rings is 3. The highest BCUT2D eigenvalue weighted by atomic mass is 16.5. The molecule has 0 saturated heterocycles. The van der Waals surface area contributed by atoms with Crippen molar-refractivity contribution in [3.8, 4) is 11.5 Å². The molecular formula is C25H23N3O3. The predicted octanol–water partition coefficient (Wildman–Crippen LogP) is 4.23. The monoisotopic (exact) mass is 413 g/mol. The molecular weight excluding hydrogens is 390 g/mol. The Balaban J connectivity index is 1.59. The van der Waals surface area contributed by atoms with E-state index in [0.717, 1.165) is 33.5 Å². The summed E-state index contributed by atoms with van der Waals surface area (Å²) in [6, 6.07) is 25.0. The van der Waals surface area contributed by atoms with Crippen LogP contribution in [0.4, 0.5) is 0 Å². The number of para-hydroxylation sites is 1. The summed E-state index contributed by atoms with van der Waals surface area (Å²) in [4.78, 5) is 12.6. The normalized spacial score (nSPS) is 10.5. The summed E-state index contributed by atoms with van der Waals surface area (Å²) in [6.45, 7) is 0.176. The van der Waals surface area contributed by atoms with E-state index in [1.807, 2.05) is 89.6 Å². The van der Waals surface area contributed by atoms with Gasteiger partial charge in [0.2, 0.25) is 0 Å². The van der Waals surface area contributed by atoms with Crippen LogP contribution < -0.4 is 14.9 Å². The number of hydrogen-bond acceptors (Lipinski definition) is 4. The first-order valence-electron chi connectivity index (χ1n) is 9.87. The van der Waals surface area contributed by atoms with Crippen LogP contribution in [0.15, 0.2) is 90.2 Å². The number of fused-ring (bicyclic) bond motifs is 1. The van der Waals surface area contributed by atoms with Gasteiger partial charge in [-0.05, 0) is 66.0 Å². The van der Waals surface area contributed by atoms with Gasteiger partial charge in [-0.2, -0.15) is 5.10 Å². The molecule has 0 aliphatic carbocycles. The molecule has 4 aromatic rings. The second-order valence-electron chi connectivity index (χ2n) is 6.95. The van der Waals surface area contributed by atoms with Crippen molar-refractivity contribution in [1.82, 2.24) is 9.99 Å². The molecule has 0 spiro atoms. The van der Waals surface area contributed by atoms with Crippen molar-refractivity contribution in [1.29, 1.82) is 0 Å². The Hall–Kier alpha value is -4.06. The standard InChI is InChI=1S/C25H23N3O3/c1-30-21-11-7-19(8-12-21)25(20-9-13-22(31-2)14-10-20)27-26-24(29)17-28-16-15-18-5-3-4-6-23(18)28/h3-16H,17H2,1-2H3,(H,26,29). The van der Waals surface area contributed by atoms with Crippen LogP contribution in [0.2, 0.25) is 0 Å². The third-order valence-electron chi connectivity index (χ3n) is 5.01. The molecule has 0 saturated carbocycles. The average molecular weight is 413 g/mol. The minimum atomic E-state index is -0.208. The molecule has 6 nitrogen and oxygen atoms in total. The highest BCUT2D eigenvalue weighted by Gasteiger charge is 2.11. The molecule has 31 heavy (non-hydrogen) atoms. The minimum Gasteiger partial charge on any atom is -0.497 e. The third kappa shape index (κ3) is 4.59. The van der Waals surface area contributed by atoms with Crippen molar-refractivity contribution < 1.29 is 14.3 Å². The first-order valence-corrected chi connectivity index (χ1v) is 9.87. The summed E-state index contributed by atoms with van der Waals surface area (Å²) >= 11 is 0. The summed E-state index contributed by atoms with van der Waals surface area (Å²) in [7, 11) is 3.25. The van der Waals surface area contributed by atoms with Crippen LogP contribution in [0.1, 0.15) is 11.1 Å². The van der Waals surface area contributed by atoms with E-state index in [1.54, 1.807) is 14.2 Å². The third-order valence-corrected chi connectivity index (χ3v) is 5.01. The van der Waals surface area contributed by atoms with Crippen molar-refractivity contribution in [3.05, 3.63) is 96.2 Å². The van der Waals surface area contributed by atoms with Crippen LogP contribution in [0, 0.1) is 0 Å². The number of nitrogens with one attached hydrogen (secondary N) is 1. The maximum atomic E-state index is 12.6. The molecule has 0 atom stereocenters. The van der Waals surface area contributed by atoms with Crippen molar-refractivity contribution in [3.63, 3.8) is 0 Å². The lowest BCUT2D eigenvalue weighted by Gasteiger charge is -2.10. The van der Waals surface area contributed by atoms with E-state index in [1.165, 1.54) is 0 Å². The Morgan fingerprint density at radius 3 is 2.00 bits per heavy atom. The second kappa shape index (κ2) is 9.17. The predicted molar refractivity (Wildman–Crippen MR) is 122 cm³/mol. The van der Waals surface area contributed by atoms with E-state index in [9.17, 15) is 4.79 Å². The van der Waals surface area contributed by atoms with Gasteiger partial charge in [0.25, 0.3) is 5.91 Å². The lowest BCUT2D eigenvalue weighted by atomic mass is 10.0. The van der Waals surface area contributed by atoms with Crippen molar-refractivity contribution in [2.24, 2.45) is 5.10 Å². The van der Waals surface area contributed by atoms with Gasteiger partial charge in [0.1, 0.15) is 18.0 Å². The molecule has 1 aromatic heterocycles. The first kappa shape index (κ1) is 20.2. The highest BCUT2D eigenvalue weighted by Crippen LogP contribution is 2.19. The molecule has 1 heterocycles. The van der Waals surface area contributed by atoms with E-state index >= 15 is 0 Å². The molecule has 6 heteroatoms. The van der Waals surface area contributed by atoms with E-state index in [4.69, 9.17) is 9.47 Å². The maximum absolute atomic E-state index is 12.6. The number of carbonyl (C=O) groups excluding carboxylic acids is 1. The number of aromatic nitrogens is 1. The Morgan fingerprint density at radius 1 is 0.839 bits per heavy atom. The van der Waals surface area contributed by atoms with Crippen molar-refractivity contribution >= 4 is 22.5 Å². The largest absolute Gasteiger partial charge is 0.497 e. The summed E-state index contributed by atoms with van der Waals surface area (Å²) in [6.07, 6.45) is 1.90. The molecule has 4 rings (SSSR count). The van der Waals surface area contributed by atoms with Gasteiger partial charge in [-0.1, -0.05) is 18.2 Å². The van der Waals surface area contributed by atoms with Gasteiger partial charge in [0.05, 0.1) is 19.9 Å². The second-order valence-corrected chi connectivity index (χ2v) is 6.95. The number of ether oxygens (including phenoxy) is 2. The summed E-state index contributed by atoms with van der Waals surface area (Å²) in [5, 5.41) is 5.55. The van der Waals surface area contributed by atoms with Crippen LogP contribution in [0.25, 0.3) is 10.9 Å². The average Bonchev–Trinajstić information content (AvgIpc) is 3.22. The topological polar surface area (TPSA) is 64.8 Å². The Bertz CT molecular complexity index is 1160. The van der Waals surface area contributed by atoms with Gasteiger partial charge >= 0.3 is 0 Å². The van der Waals surface area contributed by atoms with E-state index < -0.39 is 0 Å². The zero-order chi connectivity index (χ0) is 21.6. The van der Waals surface area contributed by atoms with Crippen LogP contribution >= 0.6 is 0 Å². The molecule has 0 fully saturated rings. The number of nitrogens with zero attached hydrogens (tertiary/aromatic N) is 2. The molecule has 1 N–H and O–H groups in total. The van der Waals surface area contributed by atoms with Crippen LogP contribution in [-0.4, -0.2) is 30.4 Å². The lowest BCUT2D eigenvalue weighted by Crippen LogP contribution is -2.24. The van der Waals surface area contributed by atoms with Gasteiger partial charge in [0.15, 0.2) is 0 Å². The lowest BCUT2D eigenvalue weighted by molar-refractivity contribution is -0.121. The quantitative estimate of drug-likeness (QED) is 0.364. The van der Waals surface area contributed by atoms with E-state index in [-0.39, 0.29) is 12.5 Å². The first-order chi connectivity index (χ1) is 15.2. The molecule has 0 aliphatic rings. The number of methoxy groups -OCH3 is 2. The molecule has 0 radical (unpaired) electrons. The molecule has 0 unspecified atom stereocenters. The smallest absolute Gasteiger partial charge is 0.260 e. The van der Waals surface area contributed by atoms with Crippen LogP contribution in [-0.2, 0) is 11.3 Å². The molecule has 0 aliphatic heterocycles. The Labute approximate surface area is 180 Å². The van der Waals surface area contributed by atoms with Gasteiger partial charge in [-0.15, -0.1) is 0 Å². The van der Waals surface area contributed by atoms with E-state index in [2.05, 4.69) is 10.5 Å². The number of amides is 1. The van der Waals surface area contributed by atoms with Crippen LogP contribution in [0.3, 0.4) is 0 Å². The fourth-order valence-corrected chi connectivity index (χ4v) is 3.38. The molecule has 1 amide bonds. The van der Waals surface area contributed by atoms with Gasteiger partial charge < -0.3 is 14.0 Å². The number of carbonyl (C=O) groups is 1. The summed E-state index contributed by atoms with van der Waals surface area (Å²) in [5.41, 5.74) is 6.08. The van der Waals surface area contributed by atoms with E-state index in [0.29, 0.717) is 5.71 Å². The van der Waals surface area contributed by atoms with Gasteiger partial charge in [-0.25, -0.2) is 5.43 Å². The van der Waals surface area contributed by atoms with Gasteiger partial charge in [-0.3, -0.25) is 4.79 Å². The zero-order valence-corrected chi connectivity index (χ0v) is 17.4. The maximum Gasteiger partial charge on any atom is 0.260 e. The fraction of sp³-hybridized carbons (Fsp3) is 0.120. The fourth-order valence-electron chi connectivity index (χ4n) is 3.38. The summed E-state index contributed by atoms with van der Waals surface area (Å²) in [5.74, 6) is 1.29. The zero-order valence-electron chi connectivity index (χ0n) is 17.4. The number of hydrazone groups is 1. The number of hydrogen-bond donors (Lipinski definition) is 1. The van der Waals surface area contributed by atoms with Crippen molar-refractivity contribution in [2.45, 2.75) is 6.54 Å². The Kier molecular flexibility index (Phi) is 5.98. The van der Waals surface area contributed by atoms with Crippen molar-refractivity contribution in [2.75, 3.05) is 14.2 Å². The molecule has 3 aromatic carbocycles. The van der Waals surface area contributed by atoms with Crippen LogP contribution in [0.5, 0.6) is 11.5 Å². The minimum absolute atomic E-state index is 0.176. The number of rotatable bonds is 7. The SMILES string of the molecule is COc1ccc(C(=NNC(=O)Cn2ccc3ccccc32)c2ccc(OC)cc2)cc1. The Morgan fingerprint density at radius 2 is 1.42 bits per heavy atom.